The Morgan fingerprint density at radius 3 is 2.45 bits per heavy atom. The summed E-state index contributed by atoms with van der Waals surface area (Å²) in [6.07, 6.45) is 0.655. The van der Waals surface area contributed by atoms with E-state index >= 15 is 0 Å². The van der Waals surface area contributed by atoms with E-state index in [4.69, 9.17) is 4.52 Å². The SMILES string of the molecule is Cc1noc(C)c1S(=O)(=O)N1CCCN(CC(=O)NCc2ccc(N(C)C)cc2)CC1. The molecule has 1 amide bonds. The molecule has 2 aromatic rings. The predicted molar refractivity (Wildman–Crippen MR) is 118 cm³/mol. The number of aromatic nitrogens is 1. The number of hydrogen-bond donors (Lipinski definition) is 1. The summed E-state index contributed by atoms with van der Waals surface area (Å²) in [6, 6.07) is 8.03. The molecule has 0 unspecified atom stereocenters. The van der Waals surface area contributed by atoms with Crippen molar-refractivity contribution in [3.05, 3.63) is 41.3 Å². The van der Waals surface area contributed by atoms with E-state index in [-0.39, 0.29) is 17.3 Å². The van der Waals surface area contributed by atoms with Crippen molar-refractivity contribution in [2.24, 2.45) is 0 Å². The number of sulfonamides is 1. The summed E-state index contributed by atoms with van der Waals surface area (Å²) in [5, 5.41) is 6.71. The first-order valence-corrected chi connectivity index (χ1v) is 11.8. The summed E-state index contributed by atoms with van der Waals surface area (Å²) in [4.78, 5) is 16.6. The first kappa shape index (κ1) is 23.2. The second-order valence-electron chi connectivity index (χ2n) is 8.02. The summed E-state index contributed by atoms with van der Waals surface area (Å²) in [7, 11) is 0.305. The third-order valence-electron chi connectivity index (χ3n) is 5.42. The molecule has 3 rings (SSSR count). The number of anilines is 1. The van der Waals surface area contributed by atoms with Crippen LogP contribution in [-0.2, 0) is 21.4 Å². The van der Waals surface area contributed by atoms with Crippen LogP contribution in [0.15, 0.2) is 33.7 Å². The number of nitrogens with zero attached hydrogens (tertiary/aromatic N) is 4. The third-order valence-corrected chi connectivity index (χ3v) is 7.57. The van der Waals surface area contributed by atoms with Crippen LogP contribution < -0.4 is 10.2 Å². The van der Waals surface area contributed by atoms with Crippen molar-refractivity contribution in [3.63, 3.8) is 0 Å². The van der Waals surface area contributed by atoms with Gasteiger partial charge in [0.1, 0.15) is 10.6 Å². The molecule has 1 fully saturated rings. The average molecular weight is 450 g/mol. The van der Waals surface area contributed by atoms with Gasteiger partial charge in [0, 0.05) is 46.0 Å². The lowest BCUT2D eigenvalue weighted by atomic mass is 10.2. The first-order valence-electron chi connectivity index (χ1n) is 10.4. The van der Waals surface area contributed by atoms with E-state index in [1.807, 2.05) is 48.2 Å². The zero-order chi connectivity index (χ0) is 22.6. The molecule has 170 valence electrons. The molecule has 1 N–H and O–H groups in total. The van der Waals surface area contributed by atoms with E-state index < -0.39 is 10.0 Å². The molecule has 2 heterocycles. The third kappa shape index (κ3) is 5.63. The van der Waals surface area contributed by atoms with Crippen LogP contribution in [0.5, 0.6) is 0 Å². The number of benzene rings is 1. The maximum atomic E-state index is 13.0. The largest absolute Gasteiger partial charge is 0.378 e. The van der Waals surface area contributed by atoms with Crippen molar-refractivity contribution in [2.75, 3.05) is 51.7 Å². The maximum Gasteiger partial charge on any atom is 0.248 e. The Kier molecular flexibility index (Phi) is 7.34. The summed E-state index contributed by atoms with van der Waals surface area (Å²) >= 11 is 0. The summed E-state index contributed by atoms with van der Waals surface area (Å²) < 4.78 is 32.5. The highest BCUT2D eigenvalue weighted by Crippen LogP contribution is 2.24. The minimum absolute atomic E-state index is 0.0706. The number of rotatable bonds is 7. The van der Waals surface area contributed by atoms with Crippen LogP contribution >= 0.6 is 0 Å². The highest BCUT2D eigenvalue weighted by Gasteiger charge is 2.32. The average Bonchev–Trinajstić information content (AvgIpc) is 2.91. The number of carbonyl (C=O) groups excluding carboxylic acids is 1. The van der Waals surface area contributed by atoms with E-state index in [2.05, 4.69) is 10.5 Å². The minimum atomic E-state index is -3.66. The number of aryl methyl sites for hydroxylation is 2. The van der Waals surface area contributed by atoms with Crippen LogP contribution in [-0.4, -0.2) is 75.5 Å². The van der Waals surface area contributed by atoms with Crippen LogP contribution in [0.2, 0.25) is 0 Å². The Labute approximate surface area is 184 Å². The molecule has 1 aliphatic heterocycles. The molecular weight excluding hydrogens is 418 g/mol. The summed E-state index contributed by atoms with van der Waals surface area (Å²) in [6.45, 7) is 5.84. The summed E-state index contributed by atoms with van der Waals surface area (Å²) in [5.41, 5.74) is 2.51. The molecule has 0 saturated carbocycles. The van der Waals surface area contributed by atoms with Crippen molar-refractivity contribution < 1.29 is 17.7 Å². The number of amides is 1. The Hall–Kier alpha value is -2.43. The fourth-order valence-electron chi connectivity index (χ4n) is 3.69. The monoisotopic (exact) mass is 449 g/mol. The Morgan fingerprint density at radius 1 is 1.13 bits per heavy atom. The van der Waals surface area contributed by atoms with Gasteiger partial charge in [-0.1, -0.05) is 17.3 Å². The van der Waals surface area contributed by atoms with Crippen molar-refractivity contribution in [3.8, 4) is 0 Å². The van der Waals surface area contributed by atoms with Gasteiger partial charge in [-0.15, -0.1) is 0 Å². The molecule has 1 aliphatic rings. The molecular formula is C21H31N5O4S. The lowest BCUT2D eigenvalue weighted by Gasteiger charge is -2.21. The first-order chi connectivity index (χ1) is 14.7. The van der Waals surface area contributed by atoms with Crippen LogP contribution in [0, 0.1) is 13.8 Å². The van der Waals surface area contributed by atoms with Crippen LogP contribution in [0.25, 0.3) is 0 Å². The second-order valence-corrected chi connectivity index (χ2v) is 9.90. The molecule has 0 spiro atoms. The highest BCUT2D eigenvalue weighted by atomic mass is 32.2. The minimum Gasteiger partial charge on any atom is -0.378 e. The van der Waals surface area contributed by atoms with Crippen molar-refractivity contribution in [1.29, 1.82) is 0 Å². The van der Waals surface area contributed by atoms with Gasteiger partial charge in [-0.2, -0.15) is 4.31 Å². The Morgan fingerprint density at radius 2 is 1.84 bits per heavy atom. The quantitative estimate of drug-likeness (QED) is 0.682. The fraction of sp³-hybridized carbons (Fsp3) is 0.524. The standard InChI is InChI=1S/C21H31N5O4S/c1-16-21(17(2)30-23-16)31(28,29)26-11-5-10-25(12-13-26)15-20(27)22-14-18-6-8-19(9-7-18)24(3)4/h6-9H,5,10-15H2,1-4H3,(H,22,27). The molecule has 0 aliphatic carbocycles. The van der Waals surface area contributed by atoms with E-state index in [0.717, 1.165) is 11.3 Å². The molecule has 0 bridgehead atoms. The fourth-order valence-corrected chi connectivity index (χ4v) is 5.45. The second kappa shape index (κ2) is 9.80. The molecule has 0 radical (unpaired) electrons. The van der Waals surface area contributed by atoms with Gasteiger partial charge in [0.25, 0.3) is 0 Å². The molecule has 31 heavy (non-hydrogen) atoms. The van der Waals surface area contributed by atoms with Gasteiger partial charge in [-0.05, 0) is 44.5 Å². The number of nitrogens with one attached hydrogen (secondary N) is 1. The van der Waals surface area contributed by atoms with Crippen molar-refractivity contribution in [1.82, 2.24) is 19.7 Å². The lowest BCUT2D eigenvalue weighted by Crippen LogP contribution is -2.40. The van der Waals surface area contributed by atoms with Crippen LogP contribution in [0.4, 0.5) is 5.69 Å². The van der Waals surface area contributed by atoms with Gasteiger partial charge >= 0.3 is 0 Å². The van der Waals surface area contributed by atoms with Gasteiger partial charge in [-0.3, -0.25) is 9.69 Å². The normalized spacial score (nSPS) is 16.1. The van der Waals surface area contributed by atoms with E-state index in [1.54, 1.807) is 13.8 Å². The summed E-state index contributed by atoms with van der Waals surface area (Å²) in [5.74, 6) is 0.232. The number of carbonyl (C=O) groups is 1. The molecule has 1 saturated heterocycles. The zero-order valence-corrected chi connectivity index (χ0v) is 19.4. The smallest absolute Gasteiger partial charge is 0.248 e. The molecule has 1 aromatic heterocycles. The molecule has 10 heteroatoms. The van der Waals surface area contributed by atoms with Gasteiger partial charge in [0.05, 0.1) is 6.54 Å². The van der Waals surface area contributed by atoms with Gasteiger partial charge in [0.15, 0.2) is 5.76 Å². The van der Waals surface area contributed by atoms with Crippen molar-refractivity contribution in [2.45, 2.75) is 31.7 Å². The topological polar surface area (TPSA) is 99.0 Å². The van der Waals surface area contributed by atoms with Gasteiger partial charge in [0.2, 0.25) is 15.9 Å². The van der Waals surface area contributed by atoms with E-state index in [9.17, 15) is 13.2 Å². The van der Waals surface area contributed by atoms with E-state index in [0.29, 0.717) is 50.6 Å². The maximum absolute atomic E-state index is 13.0. The van der Waals surface area contributed by atoms with Gasteiger partial charge < -0.3 is 14.7 Å². The number of hydrogen-bond acceptors (Lipinski definition) is 7. The van der Waals surface area contributed by atoms with Crippen LogP contribution in [0.1, 0.15) is 23.4 Å². The van der Waals surface area contributed by atoms with Gasteiger partial charge in [-0.25, -0.2) is 8.42 Å². The lowest BCUT2D eigenvalue weighted by molar-refractivity contribution is -0.122. The zero-order valence-electron chi connectivity index (χ0n) is 18.6. The molecule has 1 aromatic carbocycles. The van der Waals surface area contributed by atoms with Crippen LogP contribution in [0.3, 0.4) is 0 Å². The van der Waals surface area contributed by atoms with Crippen molar-refractivity contribution >= 4 is 21.6 Å². The molecule has 9 nitrogen and oxygen atoms in total. The predicted octanol–water partition coefficient (Wildman–Crippen LogP) is 1.37. The Bertz CT molecular complexity index is 982. The highest BCUT2D eigenvalue weighted by molar-refractivity contribution is 7.89. The molecule has 0 atom stereocenters. The van der Waals surface area contributed by atoms with E-state index in [1.165, 1.54) is 4.31 Å². The Balaban J connectivity index is 1.52.